The fourth-order valence-corrected chi connectivity index (χ4v) is 3.32. The summed E-state index contributed by atoms with van der Waals surface area (Å²) in [4.78, 5) is 23.1. The van der Waals surface area contributed by atoms with E-state index in [1.807, 2.05) is 6.92 Å². The molecule has 0 bridgehead atoms. The number of carbonyl (C=O) groups is 1. The van der Waals surface area contributed by atoms with Crippen LogP contribution in [0.15, 0.2) is 36.7 Å². The molecule has 8 nitrogen and oxygen atoms in total. The Morgan fingerprint density at radius 2 is 2.06 bits per heavy atom. The second-order valence-electron chi connectivity index (χ2n) is 6.63. The van der Waals surface area contributed by atoms with Gasteiger partial charge in [-0.1, -0.05) is 12.2 Å². The summed E-state index contributed by atoms with van der Waals surface area (Å²) >= 11 is 5.40. The molecule has 1 saturated heterocycles. The Morgan fingerprint density at radius 3 is 2.65 bits per heavy atom. The number of hydrogen-bond donors (Lipinski definition) is 2. The number of ether oxygens (including phenoxy) is 1. The third-order valence-corrected chi connectivity index (χ3v) is 5.01. The molecule has 1 aliphatic heterocycles. The predicted octanol–water partition coefficient (Wildman–Crippen LogP) is 2.68. The molecule has 0 unspecified atom stereocenters. The van der Waals surface area contributed by atoms with Crippen LogP contribution < -0.4 is 16.0 Å². The van der Waals surface area contributed by atoms with Crippen LogP contribution in [0, 0.1) is 11.6 Å². The summed E-state index contributed by atoms with van der Waals surface area (Å²) in [6, 6.07) is 5.68. The predicted molar refractivity (Wildman–Crippen MR) is 116 cm³/mol. The number of benzene rings is 1. The summed E-state index contributed by atoms with van der Waals surface area (Å²) in [5, 5.41) is 4.20. The van der Waals surface area contributed by atoms with Crippen LogP contribution in [0.5, 0.6) is 0 Å². The highest BCUT2D eigenvalue weighted by molar-refractivity contribution is 7.80. The maximum absolute atomic E-state index is 14.5. The first-order valence-electron chi connectivity index (χ1n) is 9.70. The minimum absolute atomic E-state index is 0.0672. The van der Waals surface area contributed by atoms with E-state index in [1.54, 1.807) is 24.5 Å². The van der Waals surface area contributed by atoms with Crippen molar-refractivity contribution in [2.24, 2.45) is 5.73 Å². The van der Waals surface area contributed by atoms with Gasteiger partial charge < -0.3 is 15.8 Å². The summed E-state index contributed by atoms with van der Waals surface area (Å²) in [5.41, 5.74) is 6.02. The number of thiocarbonyl (C=S) groups is 1. The number of cyclic esters (lactones) is 1. The van der Waals surface area contributed by atoms with Gasteiger partial charge in [0.05, 0.1) is 18.8 Å². The fraction of sp³-hybridized carbons (Fsp3) is 0.350. The quantitative estimate of drug-likeness (QED) is 0.342. The van der Waals surface area contributed by atoms with Crippen LogP contribution in [0.3, 0.4) is 0 Å². The number of pyridine rings is 1. The summed E-state index contributed by atoms with van der Waals surface area (Å²) in [6.07, 6.45) is 2.07. The summed E-state index contributed by atoms with van der Waals surface area (Å²) in [5.74, 6) is -1.67. The Hall–Kier alpha value is -2.89. The second-order valence-corrected chi connectivity index (χ2v) is 7.02. The molecular formula is C20H23F2N5O3S. The minimum Gasteiger partial charge on any atom is -0.443 e. The zero-order chi connectivity index (χ0) is 22.4. The van der Waals surface area contributed by atoms with Crippen LogP contribution >= 0.6 is 12.2 Å². The molecule has 1 atom stereocenters. The van der Waals surface area contributed by atoms with Crippen LogP contribution in [-0.2, 0) is 9.57 Å². The molecule has 11 heteroatoms. The Morgan fingerprint density at radius 1 is 1.39 bits per heavy atom. The summed E-state index contributed by atoms with van der Waals surface area (Å²) in [7, 11) is 0. The molecule has 0 saturated carbocycles. The lowest BCUT2D eigenvalue weighted by molar-refractivity contribution is -0.0882. The van der Waals surface area contributed by atoms with E-state index in [-0.39, 0.29) is 37.6 Å². The number of nitrogens with one attached hydrogen (secondary N) is 1. The number of amides is 1. The van der Waals surface area contributed by atoms with Crippen molar-refractivity contribution in [3.63, 3.8) is 0 Å². The van der Waals surface area contributed by atoms with Crippen molar-refractivity contribution in [2.75, 3.05) is 43.0 Å². The highest BCUT2D eigenvalue weighted by Gasteiger charge is 2.32. The average molecular weight is 451 g/mol. The van der Waals surface area contributed by atoms with Gasteiger partial charge in [0, 0.05) is 49.7 Å². The Labute approximate surface area is 183 Å². The van der Waals surface area contributed by atoms with Crippen molar-refractivity contribution in [1.82, 2.24) is 10.0 Å². The lowest BCUT2D eigenvalue weighted by atomic mass is 10.2. The van der Waals surface area contributed by atoms with E-state index in [2.05, 4.69) is 10.3 Å². The van der Waals surface area contributed by atoms with E-state index in [0.29, 0.717) is 11.5 Å². The van der Waals surface area contributed by atoms with Crippen molar-refractivity contribution in [1.29, 1.82) is 0 Å². The molecule has 1 fully saturated rings. The molecule has 0 radical (unpaired) electrons. The van der Waals surface area contributed by atoms with Crippen LogP contribution in [0.25, 0.3) is 0 Å². The molecule has 166 valence electrons. The molecule has 1 aromatic heterocycles. The van der Waals surface area contributed by atoms with E-state index < -0.39 is 23.8 Å². The topological polar surface area (TPSA) is 93.0 Å². The van der Waals surface area contributed by atoms with Gasteiger partial charge in [0.15, 0.2) is 11.6 Å². The Bertz CT molecular complexity index is 911. The SMILES string of the molecule is CCN(OCCNc1c(F)cc(N2C[C@H](CN)OC2=O)cc1F)C(=S)c1ccncc1. The van der Waals surface area contributed by atoms with Gasteiger partial charge >= 0.3 is 6.09 Å². The third-order valence-electron chi connectivity index (χ3n) is 4.57. The number of nitrogens with two attached hydrogens (primary N) is 1. The van der Waals surface area contributed by atoms with Gasteiger partial charge in [0.25, 0.3) is 0 Å². The first-order chi connectivity index (χ1) is 14.9. The molecule has 3 rings (SSSR count). The maximum atomic E-state index is 14.5. The van der Waals surface area contributed by atoms with Crippen LogP contribution in [0.1, 0.15) is 12.5 Å². The van der Waals surface area contributed by atoms with E-state index in [4.69, 9.17) is 27.5 Å². The van der Waals surface area contributed by atoms with Crippen molar-refractivity contribution < 1.29 is 23.1 Å². The molecule has 31 heavy (non-hydrogen) atoms. The number of hydrogen-bond acceptors (Lipinski definition) is 7. The van der Waals surface area contributed by atoms with Gasteiger partial charge in [-0.15, -0.1) is 0 Å². The van der Waals surface area contributed by atoms with Gasteiger partial charge in [-0.2, -0.15) is 0 Å². The summed E-state index contributed by atoms with van der Waals surface area (Å²) < 4.78 is 34.0. The lowest BCUT2D eigenvalue weighted by Crippen LogP contribution is -2.32. The first-order valence-corrected chi connectivity index (χ1v) is 10.1. The van der Waals surface area contributed by atoms with Crippen molar-refractivity contribution in [3.05, 3.63) is 53.9 Å². The molecule has 1 amide bonds. The number of carbonyl (C=O) groups excluding carboxylic acids is 1. The molecule has 3 N–H and O–H groups in total. The standard InChI is InChI=1S/C20H23F2N5O3S/c1-2-27(19(31)13-3-5-24-6-4-13)29-8-7-25-18-16(21)9-14(10-17(18)22)26-12-15(11-23)30-20(26)28/h3-6,9-10,15,25H,2,7-8,11-12,23H2,1H3/t15-/m0/s1. The van der Waals surface area contributed by atoms with Crippen LogP contribution in [0.4, 0.5) is 25.0 Å². The van der Waals surface area contributed by atoms with E-state index in [0.717, 1.165) is 22.6 Å². The molecule has 1 aromatic carbocycles. The molecule has 1 aliphatic rings. The molecular weight excluding hydrogens is 428 g/mol. The maximum Gasteiger partial charge on any atom is 0.414 e. The number of aromatic nitrogens is 1. The molecule has 2 heterocycles. The van der Waals surface area contributed by atoms with Crippen molar-refractivity contribution in [3.8, 4) is 0 Å². The molecule has 0 aliphatic carbocycles. The van der Waals surface area contributed by atoms with Crippen molar-refractivity contribution >= 4 is 34.7 Å². The van der Waals surface area contributed by atoms with E-state index in [1.165, 1.54) is 5.06 Å². The largest absolute Gasteiger partial charge is 0.443 e. The number of rotatable bonds is 9. The fourth-order valence-electron chi connectivity index (χ4n) is 3.00. The van der Waals surface area contributed by atoms with Crippen LogP contribution in [-0.4, -0.2) is 60.0 Å². The number of anilines is 2. The van der Waals surface area contributed by atoms with Crippen molar-refractivity contribution in [2.45, 2.75) is 13.0 Å². The Balaban J connectivity index is 1.57. The van der Waals surface area contributed by atoms with Gasteiger partial charge in [-0.25, -0.2) is 18.6 Å². The molecule has 2 aromatic rings. The van der Waals surface area contributed by atoms with Gasteiger partial charge in [0.2, 0.25) is 0 Å². The number of hydroxylamine groups is 2. The summed E-state index contributed by atoms with van der Waals surface area (Å²) in [6.45, 7) is 2.89. The highest BCUT2D eigenvalue weighted by atomic mass is 32.1. The zero-order valence-electron chi connectivity index (χ0n) is 16.9. The minimum atomic E-state index is -0.835. The lowest BCUT2D eigenvalue weighted by Gasteiger charge is -2.23. The second kappa shape index (κ2) is 10.4. The smallest absolute Gasteiger partial charge is 0.414 e. The van der Waals surface area contributed by atoms with Crippen LogP contribution in [0.2, 0.25) is 0 Å². The highest BCUT2D eigenvalue weighted by Crippen LogP contribution is 2.28. The normalized spacial score (nSPS) is 15.7. The van der Waals surface area contributed by atoms with Gasteiger partial charge in [-0.05, 0) is 19.1 Å². The number of nitrogens with zero attached hydrogens (tertiary/aromatic N) is 3. The van der Waals surface area contributed by atoms with E-state index in [9.17, 15) is 13.6 Å². The average Bonchev–Trinajstić information content (AvgIpc) is 3.16. The monoisotopic (exact) mass is 451 g/mol. The number of halogens is 2. The van der Waals surface area contributed by atoms with E-state index >= 15 is 0 Å². The Kier molecular flexibility index (Phi) is 7.66. The zero-order valence-corrected chi connectivity index (χ0v) is 17.7. The van der Waals surface area contributed by atoms with Gasteiger partial charge in [-0.3, -0.25) is 14.7 Å². The first kappa shape index (κ1) is 22.8. The third kappa shape index (κ3) is 5.43. The van der Waals surface area contributed by atoms with Gasteiger partial charge in [0.1, 0.15) is 16.8 Å². The molecule has 0 spiro atoms.